The van der Waals surface area contributed by atoms with E-state index in [0.717, 1.165) is 6.07 Å². The van der Waals surface area contributed by atoms with Crippen LogP contribution >= 0.6 is 0 Å². The molecule has 0 aliphatic heterocycles. The zero-order valence-electron chi connectivity index (χ0n) is 11.3. The zero-order valence-corrected chi connectivity index (χ0v) is 12.1. The lowest BCUT2D eigenvalue weighted by molar-refractivity contribution is 0.0792. The van der Waals surface area contributed by atoms with Gasteiger partial charge in [0, 0.05) is 13.2 Å². The smallest absolute Gasteiger partial charge is 0.287 e. The van der Waals surface area contributed by atoms with Crippen LogP contribution in [0.4, 0.5) is 0 Å². The number of furan rings is 1. The maximum absolute atomic E-state index is 11.9. The van der Waals surface area contributed by atoms with Gasteiger partial charge < -0.3 is 14.5 Å². The Morgan fingerprint density at radius 1 is 1.53 bits per heavy atom. The van der Waals surface area contributed by atoms with E-state index in [1.165, 1.54) is 14.0 Å². The van der Waals surface area contributed by atoms with Gasteiger partial charge in [-0.3, -0.25) is 4.79 Å². The molecule has 19 heavy (non-hydrogen) atoms. The van der Waals surface area contributed by atoms with E-state index >= 15 is 0 Å². The van der Waals surface area contributed by atoms with Gasteiger partial charge in [-0.15, -0.1) is 0 Å². The number of hydrogen-bond acceptors (Lipinski definition) is 5. The summed E-state index contributed by atoms with van der Waals surface area (Å²) in [7, 11) is -2.38. The van der Waals surface area contributed by atoms with E-state index in [9.17, 15) is 13.2 Å². The SMILES string of the molecule is COCC(C)(C)NC(=O)c1cc(S(N)(=O)=O)c(C)o1. The molecule has 1 heterocycles. The van der Waals surface area contributed by atoms with Gasteiger partial charge in [0.25, 0.3) is 5.91 Å². The molecule has 0 bridgehead atoms. The van der Waals surface area contributed by atoms with Crippen LogP contribution in [0, 0.1) is 6.92 Å². The Labute approximate surface area is 112 Å². The Morgan fingerprint density at radius 2 is 2.11 bits per heavy atom. The molecule has 0 radical (unpaired) electrons. The van der Waals surface area contributed by atoms with Crippen molar-refractivity contribution in [2.24, 2.45) is 5.14 Å². The van der Waals surface area contributed by atoms with Crippen LogP contribution in [0.1, 0.15) is 30.2 Å². The molecule has 7 nitrogen and oxygen atoms in total. The summed E-state index contributed by atoms with van der Waals surface area (Å²) in [6.45, 7) is 5.27. The van der Waals surface area contributed by atoms with Crippen molar-refractivity contribution in [1.82, 2.24) is 5.32 Å². The van der Waals surface area contributed by atoms with E-state index in [2.05, 4.69) is 5.32 Å². The number of carbonyl (C=O) groups is 1. The van der Waals surface area contributed by atoms with Crippen molar-refractivity contribution >= 4 is 15.9 Å². The van der Waals surface area contributed by atoms with Gasteiger partial charge in [-0.05, 0) is 20.8 Å². The summed E-state index contributed by atoms with van der Waals surface area (Å²) >= 11 is 0. The van der Waals surface area contributed by atoms with Gasteiger partial charge in [0.15, 0.2) is 5.76 Å². The van der Waals surface area contributed by atoms with Gasteiger partial charge in [0.05, 0.1) is 12.1 Å². The fraction of sp³-hybridized carbons (Fsp3) is 0.545. The molecule has 0 aliphatic carbocycles. The number of hydrogen-bond donors (Lipinski definition) is 2. The molecule has 1 rings (SSSR count). The number of methoxy groups -OCH3 is 1. The molecule has 0 spiro atoms. The van der Waals surface area contributed by atoms with Gasteiger partial charge in [0.1, 0.15) is 10.7 Å². The molecule has 0 unspecified atom stereocenters. The molecule has 1 aromatic heterocycles. The third-order valence-electron chi connectivity index (χ3n) is 2.36. The Morgan fingerprint density at radius 3 is 2.53 bits per heavy atom. The van der Waals surface area contributed by atoms with E-state index in [-0.39, 0.29) is 16.4 Å². The minimum atomic E-state index is -3.90. The number of aryl methyl sites for hydroxylation is 1. The number of sulfonamides is 1. The normalized spacial score (nSPS) is 12.5. The zero-order chi connectivity index (χ0) is 14.8. The summed E-state index contributed by atoms with van der Waals surface area (Å²) in [5.41, 5.74) is -0.603. The van der Waals surface area contributed by atoms with Crippen molar-refractivity contribution in [3.63, 3.8) is 0 Å². The predicted molar refractivity (Wildman–Crippen MR) is 68.2 cm³/mol. The van der Waals surface area contributed by atoms with Crippen LogP contribution < -0.4 is 10.5 Å². The second-order valence-corrected chi connectivity index (χ2v) is 6.38. The lowest BCUT2D eigenvalue weighted by Crippen LogP contribution is -2.46. The number of rotatable bonds is 5. The molecule has 0 aliphatic rings. The van der Waals surface area contributed by atoms with E-state index in [1.54, 1.807) is 13.8 Å². The lowest BCUT2D eigenvalue weighted by atomic mass is 10.1. The summed E-state index contributed by atoms with van der Waals surface area (Å²) < 4.78 is 32.6. The first-order valence-corrected chi connectivity index (χ1v) is 7.06. The van der Waals surface area contributed by atoms with Gasteiger partial charge in [0.2, 0.25) is 10.0 Å². The Bertz CT molecular complexity index is 574. The fourth-order valence-corrected chi connectivity index (χ4v) is 2.34. The number of primary sulfonamides is 1. The molecule has 1 aromatic rings. The van der Waals surface area contributed by atoms with Crippen molar-refractivity contribution in [2.75, 3.05) is 13.7 Å². The van der Waals surface area contributed by atoms with Crippen LogP contribution in [-0.4, -0.2) is 33.6 Å². The van der Waals surface area contributed by atoms with Crippen LogP contribution in [0.2, 0.25) is 0 Å². The van der Waals surface area contributed by atoms with E-state index in [1.807, 2.05) is 0 Å². The second-order valence-electron chi connectivity index (χ2n) is 4.85. The van der Waals surface area contributed by atoms with Crippen molar-refractivity contribution in [3.8, 4) is 0 Å². The van der Waals surface area contributed by atoms with Crippen LogP contribution in [0.25, 0.3) is 0 Å². The van der Waals surface area contributed by atoms with Gasteiger partial charge in [-0.1, -0.05) is 0 Å². The summed E-state index contributed by atoms with van der Waals surface area (Å²) in [5, 5.41) is 7.68. The summed E-state index contributed by atoms with van der Waals surface area (Å²) in [6, 6.07) is 1.11. The van der Waals surface area contributed by atoms with Gasteiger partial charge in [-0.25, -0.2) is 13.6 Å². The first-order chi connectivity index (χ1) is 8.57. The van der Waals surface area contributed by atoms with Crippen molar-refractivity contribution in [3.05, 3.63) is 17.6 Å². The number of ether oxygens (including phenoxy) is 1. The Hall–Kier alpha value is -1.38. The highest BCUT2D eigenvalue weighted by Crippen LogP contribution is 2.19. The first kappa shape index (κ1) is 15.7. The Kier molecular flexibility index (Phi) is 4.39. The lowest BCUT2D eigenvalue weighted by Gasteiger charge is -2.24. The maximum Gasteiger partial charge on any atom is 0.287 e. The molecule has 108 valence electrons. The molecule has 0 saturated carbocycles. The molecule has 3 N–H and O–H groups in total. The van der Waals surface area contributed by atoms with E-state index in [0.29, 0.717) is 6.61 Å². The Balaban J connectivity index is 2.97. The average Bonchev–Trinajstić information content (AvgIpc) is 2.58. The third kappa shape index (κ3) is 4.05. The van der Waals surface area contributed by atoms with Gasteiger partial charge >= 0.3 is 0 Å². The molecule has 0 atom stereocenters. The predicted octanol–water partition coefficient (Wildman–Crippen LogP) is 0.390. The van der Waals surface area contributed by atoms with Crippen molar-refractivity contribution in [2.45, 2.75) is 31.2 Å². The van der Waals surface area contributed by atoms with Crippen molar-refractivity contribution in [1.29, 1.82) is 0 Å². The van der Waals surface area contributed by atoms with Crippen molar-refractivity contribution < 1.29 is 22.4 Å². The number of nitrogens with one attached hydrogen (secondary N) is 1. The number of carbonyl (C=O) groups excluding carboxylic acids is 1. The summed E-state index contributed by atoms with van der Waals surface area (Å²) in [6.07, 6.45) is 0. The first-order valence-electron chi connectivity index (χ1n) is 5.51. The molecule has 1 amide bonds. The van der Waals surface area contributed by atoms with Crippen LogP contribution in [0.15, 0.2) is 15.4 Å². The quantitative estimate of drug-likeness (QED) is 0.814. The highest BCUT2D eigenvalue weighted by Gasteiger charge is 2.25. The molecule has 0 aromatic carbocycles. The number of nitrogens with two attached hydrogens (primary N) is 1. The molecule has 0 saturated heterocycles. The van der Waals surface area contributed by atoms with E-state index in [4.69, 9.17) is 14.3 Å². The molecular formula is C11H18N2O5S. The van der Waals surface area contributed by atoms with Crippen LogP contribution in [-0.2, 0) is 14.8 Å². The largest absolute Gasteiger partial charge is 0.455 e. The summed E-state index contributed by atoms with van der Waals surface area (Å²) in [5.74, 6) is -0.553. The minimum Gasteiger partial charge on any atom is -0.455 e. The monoisotopic (exact) mass is 290 g/mol. The molecule has 8 heteroatoms. The number of amides is 1. The summed E-state index contributed by atoms with van der Waals surface area (Å²) in [4.78, 5) is 11.7. The topological polar surface area (TPSA) is 112 Å². The fourth-order valence-electron chi connectivity index (χ4n) is 1.63. The standard InChI is InChI=1S/C11H18N2O5S/c1-7-9(19(12,15)16)5-8(18-7)10(14)13-11(2,3)6-17-4/h5H,6H2,1-4H3,(H,13,14)(H2,12,15,16). The van der Waals surface area contributed by atoms with Crippen LogP contribution in [0.5, 0.6) is 0 Å². The highest BCUT2D eigenvalue weighted by atomic mass is 32.2. The van der Waals surface area contributed by atoms with Crippen LogP contribution in [0.3, 0.4) is 0 Å². The van der Waals surface area contributed by atoms with E-state index < -0.39 is 21.5 Å². The molecule has 0 fully saturated rings. The minimum absolute atomic E-state index is 0.0807. The molecular weight excluding hydrogens is 272 g/mol. The average molecular weight is 290 g/mol. The second kappa shape index (κ2) is 5.32. The highest BCUT2D eigenvalue weighted by molar-refractivity contribution is 7.89. The van der Waals surface area contributed by atoms with Gasteiger partial charge in [-0.2, -0.15) is 0 Å². The third-order valence-corrected chi connectivity index (χ3v) is 3.38. The maximum atomic E-state index is 11.9.